The number of amides is 1. The maximum absolute atomic E-state index is 12.1. The molecule has 3 nitrogen and oxygen atoms in total. The molecule has 0 spiro atoms. The van der Waals surface area contributed by atoms with Crippen LogP contribution in [-0.2, 0) is 0 Å². The predicted octanol–water partition coefficient (Wildman–Crippen LogP) is 2.47. The Bertz CT molecular complexity index is 472. The summed E-state index contributed by atoms with van der Waals surface area (Å²) in [5, 5.41) is 3.54. The van der Waals surface area contributed by atoms with Crippen LogP contribution in [0.5, 0.6) is 0 Å². The summed E-state index contributed by atoms with van der Waals surface area (Å²) in [4.78, 5) is 12.1. The molecule has 0 radical (unpaired) electrons. The number of nitrogen functional groups attached to an aromatic ring is 1. The maximum Gasteiger partial charge on any atom is 0.253 e. The van der Waals surface area contributed by atoms with Crippen LogP contribution >= 0.6 is 23.4 Å². The van der Waals surface area contributed by atoms with E-state index in [0.29, 0.717) is 16.3 Å². The first-order valence-electron chi connectivity index (χ1n) is 5.37. The highest BCUT2D eigenvalue weighted by molar-refractivity contribution is 8.00. The van der Waals surface area contributed by atoms with Gasteiger partial charge in [0.2, 0.25) is 0 Å². The zero-order chi connectivity index (χ0) is 12.6. The Morgan fingerprint density at radius 1 is 1.53 bits per heavy atom. The van der Waals surface area contributed by atoms with Crippen LogP contribution in [0.1, 0.15) is 22.8 Å². The van der Waals surface area contributed by atoms with Crippen molar-refractivity contribution in [3.63, 3.8) is 0 Å². The van der Waals surface area contributed by atoms with E-state index in [1.807, 2.05) is 25.6 Å². The fourth-order valence-corrected chi connectivity index (χ4v) is 3.00. The molecule has 0 aromatic heterocycles. The van der Waals surface area contributed by atoms with Crippen LogP contribution in [0.15, 0.2) is 12.1 Å². The molecule has 1 aliphatic rings. The molecule has 92 valence electrons. The van der Waals surface area contributed by atoms with Crippen LogP contribution in [0, 0.1) is 6.92 Å². The summed E-state index contributed by atoms with van der Waals surface area (Å²) >= 11 is 7.77. The van der Waals surface area contributed by atoms with Gasteiger partial charge >= 0.3 is 0 Å². The minimum absolute atomic E-state index is 0.107. The van der Waals surface area contributed by atoms with Crippen LogP contribution in [-0.4, -0.2) is 23.0 Å². The molecule has 0 unspecified atom stereocenters. The summed E-state index contributed by atoms with van der Waals surface area (Å²) in [6, 6.07) is 3.38. The summed E-state index contributed by atoms with van der Waals surface area (Å²) in [5.74, 6) is 1.74. The number of nitrogens with two attached hydrogens (primary N) is 1. The molecular weight excluding hydrogens is 256 g/mol. The van der Waals surface area contributed by atoms with Gasteiger partial charge in [-0.1, -0.05) is 11.6 Å². The van der Waals surface area contributed by atoms with Crippen molar-refractivity contribution in [3.8, 4) is 0 Å². The number of rotatable bonds is 2. The average Bonchev–Trinajstić information content (AvgIpc) is 2.21. The number of nitrogens with one attached hydrogen (secondary N) is 1. The van der Waals surface area contributed by atoms with E-state index in [-0.39, 0.29) is 11.4 Å². The normalized spacial score (nSPS) is 17.4. The van der Waals surface area contributed by atoms with Crippen molar-refractivity contribution < 1.29 is 4.79 Å². The van der Waals surface area contributed by atoms with E-state index in [0.717, 1.165) is 17.1 Å². The summed E-state index contributed by atoms with van der Waals surface area (Å²) in [7, 11) is 0. The number of halogens is 1. The number of aryl methyl sites for hydroxylation is 1. The second kappa shape index (κ2) is 4.42. The van der Waals surface area contributed by atoms with Crippen molar-refractivity contribution in [1.82, 2.24) is 5.32 Å². The minimum atomic E-state index is -0.143. The summed E-state index contributed by atoms with van der Waals surface area (Å²) in [6.45, 7) is 3.88. The third-order valence-corrected chi connectivity index (χ3v) is 4.75. The minimum Gasteiger partial charge on any atom is -0.398 e. The SMILES string of the molecule is Cc1cc(Cl)cc(C(=O)NC2(C)CSC2)c1N. The zero-order valence-corrected chi connectivity index (χ0v) is 11.4. The van der Waals surface area contributed by atoms with E-state index < -0.39 is 0 Å². The molecule has 1 aromatic carbocycles. The molecule has 0 bridgehead atoms. The molecule has 1 heterocycles. The first kappa shape index (κ1) is 12.6. The number of hydrogen-bond donors (Lipinski definition) is 2. The van der Waals surface area contributed by atoms with Gasteiger partial charge in [-0.2, -0.15) is 11.8 Å². The van der Waals surface area contributed by atoms with E-state index >= 15 is 0 Å². The van der Waals surface area contributed by atoms with Gasteiger partial charge in [-0.15, -0.1) is 0 Å². The lowest BCUT2D eigenvalue weighted by Gasteiger charge is -2.38. The topological polar surface area (TPSA) is 55.1 Å². The lowest BCUT2D eigenvalue weighted by Crippen LogP contribution is -2.55. The Morgan fingerprint density at radius 3 is 2.71 bits per heavy atom. The standard InChI is InChI=1S/C12H15ClN2OS/c1-7-3-8(13)4-9(10(7)14)11(16)15-12(2)5-17-6-12/h3-4H,5-6,14H2,1-2H3,(H,15,16). The molecule has 2 rings (SSSR count). The molecule has 5 heteroatoms. The molecule has 1 amide bonds. The number of benzene rings is 1. The molecule has 0 saturated carbocycles. The second-order valence-electron chi connectivity index (χ2n) is 4.69. The van der Waals surface area contributed by atoms with Gasteiger partial charge < -0.3 is 11.1 Å². The highest BCUT2D eigenvalue weighted by Gasteiger charge is 2.34. The van der Waals surface area contributed by atoms with Gasteiger partial charge in [0.25, 0.3) is 5.91 Å². The van der Waals surface area contributed by atoms with Gasteiger partial charge in [0, 0.05) is 22.2 Å². The fraction of sp³-hybridized carbons (Fsp3) is 0.417. The maximum atomic E-state index is 12.1. The van der Waals surface area contributed by atoms with Gasteiger partial charge in [0.15, 0.2) is 0 Å². The van der Waals surface area contributed by atoms with Gasteiger partial charge in [0.05, 0.1) is 11.1 Å². The average molecular weight is 271 g/mol. The van der Waals surface area contributed by atoms with Crippen molar-refractivity contribution in [2.24, 2.45) is 0 Å². The lowest BCUT2D eigenvalue weighted by atomic mass is 10.0. The molecule has 1 fully saturated rings. The zero-order valence-electron chi connectivity index (χ0n) is 9.84. The van der Waals surface area contributed by atoms with E-state index in [4.69, 9.17) is 17.3 Å². The first-order valence-corrected chi connectivity index (χ1v) is 6.90. The van der Waals surface area contributed by atoms with Crippen LogP contribution < -0.4 is 11.1 Å². The predicted molar refractivity (Wildman–Crippen MR) is 73.8 cm³/mol. The van der Waals surface area contributed by atoms with Gasteiger partial charge in [-0.05, 0) is 31.5 Å². The molecule has 1 saturated heterocycles. The number of thioether (sulfide) groups is 1. The van der Waals surface area contributed by atoms with Crippen LogP contribution in [0.25, 0.3) is 0 Å². The molecule has 0 atom stereocenters. The third-order valence-electron chi connectivity index (χ3n) is 2.85. The molecular formula is C12H15ClN2OS. The van der Waals surface area contributed by atoms with E-state index in [1.54, 1.807) is 12.1 Å². The van der Waals surface area contributed by atoms with Crippen LogP contribution in [0.2, 0.25) is 5.02 Å². The molecule has 3 N–H and O–H groups in total. The van der Waals surface area contributed by atoms with Crippen molar-refractivity contribution in [3.05, 3.63) is 28.3 Å². The molecule has 1 aromatic rings. The highest BCUT2D eigenvalue weighted by atomic mass is 35.5. The van der Waals surface area contributed by atoms with Gasteiger partial charge in [0.1, 0.15) is 0 Å². The Balaban J connectivity index is 2.24. The Morgan fingerprint density at radius 2 is 2.18 bits per heavy atom. The Labute approximate surface area is 110 Å². The van der Waals surface area contributed by atoms with E-state index in [9.17, 15) is 4.79 Å². The highest BCUT2D eigenvalue weighted by Crippen LogP contribution is 2.30. The number of carbonyl (C=O) groups is 1. The summed E-state index contributed by atoms with van der Waals surface area (Å²) in [5.41, 5.74) is 7.60. The van der Waals surface area contributed by atoms with Crippen LogP contribution in [0.4, 0.5) is 5.69 Å². The fourth-order valence-electron chi connectivity index (χ4n) is 1.76. The van der Waals surface area contributed by atoms with Gasteiger partial charge in [-0.3, -0.25) is 4.79 Å². The van der Waals surface area contributed by atoms with E-state index in [1.165, 1.54) is 0 Å². The van der Waals surface area contributed by atoms with Crippen molar-refractivity contribution >= 4 is 35.0 Å². The van der Waals surface area contributed by atoms with Crippen LogP contribution in [0.3, 0.4) is 0 Å². The second-order valence-corrected chi connectivity index (χ2v) is 6.11. The molecule has 1 aliphatic heterocycles. The van der Waals surface area contributed by atoms with Crippen molar-refractivity contribution in [2.75, 3.05) is 17.2 Å². The monoisotopic (exact) mass is 270 g/mol. The first-order chi connectivity index (χ1) is 7.91. The third kappa shape index (κ3) is 2.53. The summed E-state index contributed by atoms with van der Waals surface area (Å²) in [6.07, 6.45) is 0. The Kier molecular flexibility index (Phi) is 3.27. The largest absolute Gasteiger partial charge is 0.398 e. The number of anilines is 1. The van der Waals surface area contributed by atoms with Crippen molar-refractivity contribution in [1.29, 1.82) is 0 Å². The van der Waals surface area contributed by atoms with Crippen molar-refractivity contribution in [2.45, 2.75) is 19.4 Å². The quantitative estimate of drug-likeness (QED) is 0.812. The summed E-state index contributed by atoms with van der Waals surface area (Å²) < 4.78 is 0. The Hall–Kier alpha value is -0.870. The number of hydrogen-bond acceptors (Lipinski definition) is 3. The number of carbonyl (C=O) groups excluding carboxylic acids is 1. The van der Waals surface area contributed by atoms with Gasteiger partial charge in [-0.25, -0.2) is 0 Å². The lowest BCUT2D eigenvalue weighted by molar-refractivity contribution is 0.0919. The van der Waals surface area contributed by atoms with E-state index in [2.05, 4.69) is 5.32 Å². The smallest absolute Gasteiger partial charge is 0.253 e. The molecule has 17 heavy (non-hydrogen) atoms. The molecule has 0 aliphatic carbocycles.